The van der Waals surface area contributed by atoms with Crippen molar-refractivity contribution in [2.24, 2.45) is 0 Å². The summed E-state index contributed by atoms with van der Waals surface area (Å²) in [5, 5.41) is 0. The molecule has 1 aliphatic rings. The van der Waals surface area contributed by atoms with Crippen LogP contribution in [0.1, 0.15) is 30.9 Å². The maximum Gasteiger partial charge on any atom is 0.219 e. The molecule has 0 saturated carbocycles. The summed E-state index contributed by atoms with van der Waals surface area (Å²) in [6.07, 6.45) is 3.59. The Hall–Kier alpha value is -2.43. The second-order valence-electron chi connectivity index (χ2n) is 6.91. The van der Waals surface area contributed by atoms with Gasteiger partial charge in [-0.3, -0.25) is 4.79 Å². The molecule has 0 aliphatic carbocycles. The molecule has 0 N–H and O–H groups in total. The Morgan fingerprint density at radius 3 is 2.48 bits per heavy atom. The first-order valence-electron chi connectivity index (χ1n) is 8.83. The van der Waals surface area contributed by atoms with Gasteiger partial charge < -0.3 is 9.80 Å². The van der Waals surface area contributed by atoms with E-state index in [1.165, 1.54) is 11.1 Å². The molecule has 1 saturated heterocycles. The summed E-state index contributed by atoms with van der Waals surface area (Å²) in [5.74, 6) is 1.10. The van der Waals surface area contributed by atoms with Crippen LogP contribution in [0.5, 0.6) is 0 Å². The van der Waals surface area contributed by atoms with Gasteiger partial charge in [-0.25, -0.2) is 9.97 Å². The summed E-state index contributed by atoms with van der Waals surface area (Å²) in [6, 6.07) is 8.82. The first-order chi connectivity index (χ1) is 12.0. The van der Waals surface area contributed by atoms with E-state index in [4.69, 9.17) is 0 Å². The van der Waals surface area contributed by atoms with Gasteiger partial charge in [0.15, 0.2) is 0 Å². The highest BCUT2D eigenvalue weighted by Gasteiger charge is 2.24. The predicted octanol–water partition coefficient (Wildman–Crippen LogP) is 3.21. The maximum absolute atomic E-state index is 11.5. The van der Waals surface area contributed by atoms with Crippen LogP contribution in [-0.4, -0.2) is 47.0 Å². The van der Waals surface area contributed by atoms with Crippen LogP contribution in [0.25, 0.3) is 11.3 Å². The number of aryl methyl sites for hydroxylation is 2. The van der Waals surface area contributed by atoms with Crippen molar-refractivity contribution in [2.45, 2.75) is 39.7 Å². The van der Waals surface area contributed by atoms with Crippen molar-refractivity contribution < 1.29 is 4.79 Å². The van der Waals surface area contributed by atoms with E-state index in [0.29, 0.717) is 6.04 Å². The van der Waals surface area contributed by atoms with Gasteiger partial charge in [0.2, 0.25) is 5.91 Å². The molecule has 132 valence electrons. The zero-order valence-corrected chi connectivity index (χ0v) is 15.5. The number of anilines is 1. The lowest BCUT2D eigenvalue weighted by Crippen LogP contribution is -2.45. The molecule has 3 rings (SSSR count). The molecule has 25 heavy (non-hydrogen) atoms. The fourth-order valence-electron chi connectivity index (χ4n) is 3.32. The number of benzene rings is 1. The van der Waals surface area contributed by atoms with Crippen LogP contribution in [0, 0.1) is 13.8 Å². The highest BCUT2D eigenvalue weighted by Crippen LogP contribution is 2.25. The second-order valence-corrected chi connectivity index (χ2v) is 6.91. The van der Waals surface area contributed by atoms with Gasteiger partial charge in [0.25, 0.3) is 0 Å². The summed E-state index contributed by atoms with van der Waals surface area (Å²) in [4.78, 5) is 24.6. The highest BCUT2D eigenvalue weighted by molar-refractivity contribution is 5.73. The lowest BCUT2D eigenvalue weighted by atomic mass is 10.0. The zero-order chi connectivity index (χ0) is 18.0. The molecular weight excluding hydrogens is 312 g/mol. The Morgan fingerprint density at radius 1 is 1.12 bits per heavy atom. The van der Waals surface area contributed by atoms with E-state index in [1.54, 1.807) is 13.3 Å². The third kappa shape index (κ3) is 3.81. The normalized spacial score (nSPS) is 15.3. The molecule has 0 atom stereocenters. The van der Waals surface area contributed by atoms with Crippen molar-refractivity contribution in [2.75, 3.05) is 25.0 Å². The number of nitrogens with zero attached hydrogens (tertiary/aromatic N) is 4. The number of hydrogen-bond donors (Lipinski definition) is 0. The van der Waals surface area contributed by atoms with Crippen molar-refractivity contribution in [3.63, 3.8) is 0 Å². The second kappa shape index (κ2) is 7.21. The molecule has 5 nitrogen and oxygen atoms in total. The van der Waals surface area contributed by atoms with Crippen LogP contribution in [0.15, 0.2) is 30.6 Å². The SMILES string of the molecule is CC(=O)N(C)C1CCN(c2cc(-c3ccc(C)c(C)c3)ncn2)CC1. The van der Waals surface area contributed by atoms with Crippen LogP contribution >= 0.6 is 0 Å². The maximum atomic E-state index is 11.5. The van der Waals surface area contributed by atoms with E-state index in [0.717, 1.165) is 43.0 Å². The van der Waals surface area contributed by atoms with Gasteiger partial charge in [-0.05, 0) is 43.9 Å². The summed E-state index contributed by atoms with van der Waals surface area (Å²) < 4.78 is 0. The van der Waals surface area contributed by atoms with Crippen molar-refractivity contribution in [3.05, 3.63) is 41.7 Å². The Bertz CT molecular complexity index is 766. The first-order valence-corrected chi connectivity index (χ1v) is 8.83. The molecule has 5 heteroatoms. The molecule has 0 bridgehead atoms. The molecule has 0 radical (unpaired) electrons. The smallest absolute Gasteiger partial charge is 0.219 e. The topological polar surface area (TPSA) is 49.3 Å². The van der Waals surface area contributed by atoms with Gasteiger partial charge in [0.05, 0.1) is 5.69 Å². The summed E-state index contributed by atoms with van der Waals surface area (Å²) in [6.45, 7) is 7.69. The van der Waals surface area contributed by atoms with Crippen LogP contribution in [0.3, 0.4) is 0 Å². The third-order valence-electron chi connectivity index (χ3n) is 5.29. The van der Waals surface area contributed by atoms with Crippen molar-refractivity contribution >= 4 is 11.7 Å². The molecule has 1 amide bonds. The van der Waals surface area contributed by atoms with Crippen molar-refractivity contribution in [3.8, 4) is 11.3 Å². The van der Waals surface area contributed by atoms with Crippen LogP contribution in [0.4, 0.5) is 5.82 Å². The van der Waals surface area contributed by atoms with Gasteiger partial charge in [-0.1, -0.05) is 12.1 Å². The number of amides is 1. The highest BCUT2D eigenvalue weighted by atomic mass is 16.2. The first kappa shape index (κ1) is 17.4. The number of piperidine rings is 1. The number of carbonyl (C=O) groups excluding carboxylic acids is 1. The Kier molecular flexibility index (Phi) is 5.02. The average Bonchev–Trinajstić information content (AvgIpc) is 2.63. The molecule has 0 unspecified atom stereocenters. The minimum Gasteiger partial charge on any atom is -0.356 e. The minimum absolute atomic E-state index is 0.137. The standard InChI is InChI=1S/C20H26N4O/c1-14-5-6-17(11-15(14)2)19-12-20(22-13-21-19)24-9-7-18(8-10-24)23(4)16(3)25/h5-6,11-13,18H,7-10H2,1-4H3. The minimum atomic E-state index is 0.137. The molecular formula is C20H26N4O. The van der Waals surface area contributed by atoms with Gasteiger partial charge in [-0.15, -0.1) is 0 Å². The third-order valence-corrected chi connectivity index (χ3v) is 5.29. The molecule has 2 heterocycles. The van der Waals surface area contributed by atoms with E-state index >= 15 is 0 Å². The van der Waals surface area contributed by atoms with Crippen LogP contribution in [-0.2, 0) is 4.79 Å². The van der Waals surface area contributed by atoms with Crippen LogP contribution in [0.2, 0.25) is 0 Å². The summed E-state index contributed by atoms with van der Waals surface area (Å²) in [7, 11) is 1.89. The average molecular weight is 338 g/mol. The van der Waals surface area contributed by atoms with Gasteiger partial charge in [-0.2, -0.15) is 0 Å². The Balaban J connectivity index is 1.74. The zero-order valence-electron chi connectivity index (χ0n) is 15.5. The predicted molar refractivity (Wildman–Crippen MR) is 101 cm³/mol. The largest absolute Gasteiger partial charge is 0.356 e. The molecule has 1 aliphatic heterocycles. The molecule has 0 spiro atoms. The van der Waals surface area contributed by atoms with E-state index in [1.807, 2.05) is 11.9 Å². The number of hydrogen-bond acceptors (Lipinski definition) is 4. The molecule has 1 aromatic heterocycles. The fourth-order valence-corrected chi connectivity index (χ4v) is 3.32. The quantitative estimate of drug-likeness (QED) is 0.862. The summed E-state index contributed by atoms with van der Waals surface area (Å²) >= 11 is 0. The van der Waals surface area contributed by atoms with Crippen molar-refractivity contribution in [1.82, 2.24) is 14.9 Å². The number of aromatic nitrogens is 2. The monoisotopic (exact) mass is 338 g/mol. The van der Waals surface area contributed by atoms with E-state index in [-0.39, 0.29) is 5.91 Å². The van der Waals surface area contributed by atoms with Gasteiger partial charge in [0.1, 0.15) is 12.1 Å². The van der Waals surface area contributed by atoms with Gasteiger partial charge >= 0.3 is 0 Å². The van der Waals surface area contributed by atoms with Gasteiger partial charge in [0, 0.05) is 44.7 Å². The van der Waals surface area contributed by atoms with E-state index < -0.39 is 0 Å². The fraction of sp³-hybridized carbons (Fsp3) is 0.450. The van der Waals surface area contributed by atoms with E-state index in [2.05, 4.69) is 53.0 Å². The number of rotatable bonds is 3. The van der Waals surface area contributed by atoms with Crippen LogP contribution < -0.4 is 4.90 Å². The lowest BCUT2D eigenvalue weighted by molar-refractivity contribution is -0.129. The Labute approximate surface area is 149 Å². The number of carbonyl (C=O) groups is 1. The van der Waals surface area contributed by atoms with E-state index in [9.17, 15) is 4.79 Å². The molecule has 2 aromatic rings. The molecule has 1 aromatic carbocycles. The molecule has 1 fully saturated rings. The summed E-state index contributed by atoms with van der Waals surface area (Å²) in [5.41, 5.74) is 4.63. The van der Waals surface area contributed by atoms with Crippen molar-refractivity contribution in [1.29, 1.82) is 0 Å². The Morgan fingerprint density at radius 2 is 1.84 bits per heavy atom. The lowest BCUT2D eigenvalue weighted by Gasteiger charge is -2.37.